The molecule has 18 heavy (non-hydrogen) atoms. The summed E-state index contributed by atoms with van der Waals surface area (Å²) in [5.41, 5.74) is 0. The van der Waals surface area contributed by atoms with Gasteiger partial charge in [0.25, 0.3) is 0 Å². The number of urea groups is 1. The van der Waals surface area contributed by atoms with Crippen molar-refractivity contribution in [2.45, 2.75) is 25.4 Å². The molecule has 1 fully saturated rings. The standard InChI is InChI=1S/C11H20N2O4S/c1-8(6-14)12(2)11(17)13-3-4-18-7-9(13)5-10(15)16/h8-9,14H,3-7H2,1-2H3,(H,15,16). The quantitative estimate of drug-likeness (QED) is 0.772. The van der Waals surface area contributed by atoms with E-state index in [1.165, 1.54) is 4.90 Å². The maximum atomic E-state index is 12.2. The van der Waals surface area contributed by atoms with Gasteiger partial charge in [0.15, 0.2) is 0 Å². The molecule has 2 atom stereocenters. The number of carbonyl (C=O) groups excluding carboxylic acids is 1. The highest BCUT2D eigenvalue weighted by Crippen LogP contribution is 2.20. The van der Waals surface area contributed by atoms with Gasteiger partial charge in [-0.05, 0) is 6.92 Å². The zero-order valence-corrected chi connectivity index (χ0v) is 11.5. The molecule has 2 N–H and O–H groups in total. The third-order valence-corrected chi connectivity index (χ3v) is 4.20. The lowest BCUT2D eigenvalue weighted by molar-refractivity contribution is -0.138. The summed E-state index contributed by atoms with van der Waals surface area (Å²) in [6.45, 7) is 2.21. The average molecular weight is 276 g/mol. The molecule has 104 valence electrons. The Morgan fingerprint density at radius 1 is 1.56 bits per heavy atom. The fraction of sp³-hybridized carbons (Fsp3) is 0.818. The molecule has 0 spiro atoms. The number of carboxylic acid groups (broad SMARTS) is 1. The molecule has 7 heteroatoms. The van der Waals surface area contributed by atoms with Crippen molar-refractivity contribution < 1.29 is 19.8 Å². The van der Waals surface area contributed by atoms with Crippen LogP contribution in [0.5, 0.6) is 0 Å². The number of likely N-dealkylation sites (N-methyl/N-ethyl adjacent to an activating group) is 1. The van der Waals surface area contributed by atoms with Crippen molar-refractivity contribution in [3.8, 4) is 0 Å². The van der Waals surface area contributed by atoms with Gasteiger partial charge in [0.05, 0.1) is 25.1 Å². The Labute approximate surface area is 111 Å². The second kappa shape index (κ2) is 6.84. The number of hydrogen-bond acceptors (Lipinski definition) is 4. The lowest BCUT2D eigenvalue weighted by Crippen LogP contribution is -2.53. The molecule has 1 rings (SSSR count). The van der Waals surface area contributed by atoms with Crippen molar-refractivity contribution >= 4 is 23.8 Å². The van der Waals surface area contributed by atoms with Gasteiger partial charge in [0.1, 0.15) is 0 Å². The number of amides is 2. The lowest BCUT2D eigenvalue weighted by Gasteiger charge is -2.38. The Bertz CT molecular complexity index is 313. The summed E-state index contributed by atoms with van der Waals surface area (Å²) < 4.78 is 0. The molecule has 1 aliphatic rings. The summed E-state index contributed by atoms with van der Waals surface area (Å²) in [4.78, 5) is 26.1. The van der Waals surface area contributed by atoms with Crippen LogP contribution < -0.4 is 0 Å². The van der Waals surface area contributed by atoms with Crippen LogP contribution >= 0.6 is 11.8 Å². The highest BCUT2D eigenvalue weighted by atomic mass is 32.2. The van der Waals surface area contributed by atoms with Gasteiger partial charge in [-0.25, -0.2) is 4.79 Å². The largest absolute Gasteiger partial charge is 0.481 e. The smallest absolute Gasteiger partial charge is 0.320 e. The molecule has 0 aromatic heterocycles. The lowest BCUT2D eigenvalue weighted by atomic mass is 10.2. The minimum Gasteiger partial charge on any atom is -0.481 e. The summed E-state index contributed by atoms with van der Waals surface area (Å²) in [5, 5.41) is 17.9. The minimum absolute atomic E-state index is 0.0277. The number of rotatable bonds is 4. The van der Waals surface area contributed by atoms with Gasteiger partial charge in [0.2, 0.25) is 0 Å². The van der Waals surface area contributed by atoms with Gasteiger partial charge >= 0.3 is 12.0 Å². The molecule has 0 saturated carbocycles. The van der Waals surface area contributed by atoms with Crippen molar-refractivity contribution in [1.82, 2.24) is 9.80 Å². The van der Waals surface area contributed by atoms with E-state index in [-0.39, 0.29) is 31.1 Å². The molecule has 0 aromatic rings. The van der Waals surface area contributed by atoms with Gasteiger partial charge < -0.3 is 20.0 Å². The molecule has 0 bridgehead atoms. The highest BCUT2D eigenvalue weighted by molar-refractivity contribution is 7.99. The summed E-state index contributed by atoms with van der Waals surface area (Å²) in [6, 6.07) is -0.734. The molecule has 1 saturated heterocycles. The molecule has 6 nitrogen and oxygen atoms in total. The van der Waals surface area contributed by atoms with Gasteiger partial charge in [-0.15, -0.1) is 0 Å². The second-order valence-electron chi connectivity index (χ2n) is 4.45. The van der Waals surface area contributed by atoms with Crippen LogP contribution in [-0.2, 0) is 4.79 Å². The van der Waals surface area contributed by atoms with Crippen molar-refractivity contribution in [1.29, 1.82) is 0 Å². The van der Waals surface area contributed by atoms with Crippen molar-refractivity contribution in [2.75, 3.05) is 31.7 Å². The number of aliphatic carboxylic acids is 1. The first-order valence-corrected chi connectivity index (χ1v) is 7.06. The monoisotopic (exact) mass is 276 g/mol. The van der Waals surface area contributed by atoms with Crippen LogP contribution in [0.1, 0.15) is 13.3 Å². The summed E-state index contributed by atoms with van der Waals surface area (Å²) in [5.74, 6) is 0.584. The van der Waals surface area contributed by atoms with Crippen LogP contribution in [0.2, 0.25) is 0 Å². The van der Waals surface area contributed by atoms with E-state index >= 15 is 0 Å². The van der Waals surface area contributed by atoms with E-state index in [2.05, 4.69) is 0 Å². The van der Waals surface area contributed by atoms with E-state index in [0.29, 0.717) is 12.3 Å². The zero-order chi connectivity index (χ0) is 13.7. The topological polar surface area (TPSA) is 81.1 Å². The maximum absolute atomic E-state index is 12.2. The molecule has 0 radical (unpaired) electrons. The van der Waals surface area contributed by atoms with Gasteiger partial charge in [0, 0.05) is 25.1 Å². The average Bonchev–Trinajstić information content (AvgIpc) is 2.36. The van der Waals surface area contributed by atoms with E-state index in [1.54, 1.807) is 30.6 Å². The molecule has 2 unspecified atom stereocenters. The number of aliphatic hydroxyl groups is 1. The Morgan fingerprint density at radius 3 is 2.78 bits per heavy atom. The van der Waals surface area contributed by atoms with Crippen molar-refractivity contribution in [3.63, 3.8) is 0 Å². The second-order valence-corrected chi connectivity index (χ2v) is 5.59. The van der Waals surface area contributed by atoms with Crippen LogP contribution in [0.3, 0.4) is 0 Å². The van der Waals surface area contributed by atoms with E-state index in [1.807, 2.05) is 0 Å². The Hall–Kier alpha value is -0.950. The minimum atomic E-state index is -0.891. The van der Waals surface area contributed by atoms with Gasteiger partial charge in [-0.2, -0.15) is 11.8 Å². The SMILES string of the molecule is CC(CO)N(C)C(=O)N1CCSCC1CC(=O)O. The number of carbonyl (C=O) groups is 2. The van der Waals surface area contributed by atoms with E-state index in [0.717, 1.165) is 5.75 Å². The maximum Gasteiger partial charge on any atom is 0.320 e. The highest BCUT2D eigenvalue weighted by Gasteiger charge is 2.31. The molecule has 1 aliphatic heterocycles. The summed E-state index contributed by atoms with van der Waals surface area (Å²) in [6.07, 6.45) is -0.0277. The summed E-state index contributed by atoms with van der Waals surface area (Å²) >= 11 is 1.67. The predicted molar refractivity (Wildman–Crippen MR) is 69.8 cm³/mol. The summed E-state index contributed by atoms with van der Waals surface area (Å²) in [7, 11) is 1.63. The molecule has 0 aliphatic carbocycles. The zero-order valence-electron chi connectivity index (χ0n) is 10.7. The Morgan fingerprint density at radius 2 is 2.22 bits per heavy atom. The molecule has 2 amide bonds. The first-order valence-electron chi connectivity index (χ1n) is 5.91. The number of carboxylic acids is 1. The van der Waals surface area contributed by atoms with Crippen LogP contribution in [0.4, 0.5) is 4.79 Å². The normalized spacial score (nSPS) is 21.5. The van der Waals surface area contributed by atoms with Crippen molar-refractivity contribution in [2.24, 2.45) is 0 Å². The third kappa shape index (κ3) is 3.78. The van der Waals surface area contributed by atoms with Gasteiger partial charge in [-0.3, -0.25) is 4.79 Å². The Kier molecular flexibility index (Phi) is 5.74. The molecule has 1 heterocycles. The predicted octanol–water partition coefficient (Wildman–Crippen LogP) is 0.311. The van der Waals surface area contributed by atoms with Crippen molar-refractivity contribution in [3.05, 3.63) is 0 Å². The molecule has 0 aromatic carbocycles. The number of aliphatic hydroxyl groups excluding tert-OH is 1. The fourth-order valence-electron chi connectivity index (χ4n) is 1.79. The first kappa shape index (κ1) is 15.1. The van der Waals surface area contributed by atoms with Crippen LogP contribution in [0.15, 0.2) is 0 Å². The first-order chi connectivity index (χ1) is 8.47. The molecular formula is C11H20N2O4S. The fourth-order valence-corrected chi connectivity index (χ4v) is 2.85. The van der Waals surface area contributed by atoms with Crippen LogP contribution in [0, 0.1) is 0 Å². The van der Waals surface area contributed by atoms with E-state index in [9.17, 15) is 9.59 Å². The van der Waals surface area contributed by atoms with Gasteiger partial charge in [-0.1, -0.05) is 0 Å². The number of thioether (sulfide) groups is 1. The van der Waals surface area contributed by atoms with Crippen LogP contribution in [0.25, 0.3) is 0 Å². The third-order valence-electron chi connectivity index (χ3n) is 3.11. The molecular weight excluding hydrogens is 256 g/mol. The van der Waals surface area contributed by atoms with E-state index < -0.39 is 5.97 Å². The number of hydrogen-bond donors (Lipinski definition) is 2. The Balaban J connectivity index is 2.70. The van der Waals surface area contributed by atoms with E-state index in [4.69, 9.17) is 10.2 Å². The number of nitrogens with zero attached hydrogens (tertiary/aromatic N) is 2. The van der Waals surface area contributed by atoms with Crippen LogP contribution in [-0.4, -0.2) is 75.8 Å².